The molecule has 114 valence electrons. The number of hydrogen-bond acceptors (Lipinski definition) is 5. The number of carbonyl (C=O) groups excluding carboxylic acids is 3. The standard InChI is InChI=1S/C14H18N2O5/c1-9(17)10-5-12(15-7-10)14(19)16-3-4-21-11(8-16)6-13(18)20-2/h5,7,11,15H,3-4,6,8H2,1-2H3. The average molecular weight is 294 g/mol. The van der Waals surface area contributed by atoms with E-state index in [-0.39, 0.29) is 30.2 Å². The summed E-state index contributed by atoms with van der Waals surface area (Å²) in [6.45, 7) is 2.58. The minimum absolute atomic E-state index is 0.101. The Morgan fingerprint density at radius 1 is 1.48 bits per heavy atom. The van der Waals surface area contributed by atoms with Gasteiger partial charge in [-0.1, -0.05) is 0 Å². The molecule has 0 spiro atoms. The predicted molar refractivity (Wildman–Crippen MR) is 73.1 cm³/mol. The van der Waals surface area contributed by atoms with Gasteiger partial charge >= 0.3 is 5.97 Å². The van der Waals surface area contributed by atoms with Crippen LogP contribution in [0.1, 0.15) is 34.2 Å². The van der Waals surface area contributed by atoms with Gasteiger partial charge in [0, 0.05) is 24.8 Å². The maximum atomic E-state index is 12.3. The number of Topliss-reactive ketones (excluding diaryl/α,β-unsaturated/α-hetero) is 1. The van der Waals surface area contributed by atoms with Gasteiger partial charge in [-0.2, -0.15) is 0 Å². The Balaban J connectivity index is 2.01. The van der Waals surface area contributed by atoms with Crippen LogP contribution in [0.3, 0.4) is 0 Å². The first-order valence-corrected chi connectivity index (χ1v) is 6.68. The second-order valence-corrected chi connectivity index (χ2v) is 4.88. The zero-order valence-corrected chi connectivity index (χ0v) is 12.0. The lowest BCUT2D eigenvalue weighted by atomic mass is 10.2. The van der Waals surface area contributed by atoms with Crippen molar-refractivity contribution in [3.63, 3.8) is 0 Å². The number of carbonyl (C=O) groups is 3. The summed E-state index contributed by atoms with van der Waals surface area (Å²) in [6.07, 6.45) is 1.27. The zero-order chi connectivity index (χ0) is 15.4. The van der Waals surface area contributed by atoms with Crippen LogP contribution in [-0.2, 0) is 14.3 Å². The van der Waals surface area contributed by atoms with Gasteiger partial charge in [0.25, 0.3) is 5.91 Å². The fourth-order valence-corrected chi connectivity index (χ4v) is 2.19. The quantitative estimate of drug-likeness (QED) is 0.649. The largest absolute Gasteiger partial charge is 0.469 e. The van der Waals surface area contributed by atoms with Gasteiger partial charge in [-0.3, -0.25) is 14.4 Å². The molecule has 0 aliphatic carbocycles. The van der Waals surface area contributed by atoms with E-state index < -0.39 is 0 Å². The number of hydrogen-bond donors (Lipinski definition) is 1. The van der Waals surface area contributed by atoms with Crippen LogP contribution in [0, 0.1) is 0 Å². The molecular formula is C14H18N2O5. The van der Waals surface area contributed by atoms with Crippen LogP contribution in [-0.4, -0.2) is 60.5 Å². The normalized spacial score (nSPS) is 18.4. The molecule has 0 bridgehead atoms. The number of H-pyrrole nitrogens is 1. The van der Waals surface area contributed by atoms with E-state index in [1.807, 2.05) is 0 Å². The summed E-state index contributed by atoms with van der Waals surface area (Å²) >= 11 is 0. The molecule has 21 heavy (non-hydrogen) atoms. The summed E-state index contributed by atoms with van der Waals surface area (Å²) in [4.78, 5) is 39.3. The molecule has 2 rings (SSSR count). The van der Waals surface area contributed by atoms with Crippen LogP contribution >= 0.6 is 0 Å². The van der Waals surface area contributed by atoms with Crippen molar-refractivity contribution in [3.05, 3.63) is 23.5 Å². The van der Waals surface area contributed by atoms with Crippen LogP contribution in [0.25, 0.3) is 0 Å². The topological polar surface area (TPSA) is 88.7 Å². The van der Waals surface area contributed by atoms with E-state index in [0.29, 0.717) is 31.0 Å². The molecule has 1 atom stereocenters. The second kappa shape index (κ2) is 6.53. The lowest BCUT2D eigenvalue weighted by Gasteiger charge is -2.32. The Labute approximate surface area is 122 Å². The summed E-state index contributed by atoms with van der Waals surface area (Å²) in [5.41, 5.74) is 0.830. The molecular weight excluding hydrogens is 276 g/mol. The van der Waals surface area contributed by atoms with Crippen LogP contribution < -0.4 is 0 Å². The van der Waals surface area contributed by atoms with Gasteiger partial charge in [0.1, 0.15) is 5.69 Å². The highest BCUT2D eigenvalue weighted by atomic mass is 16.5. The van der Waals surface area contributed by atoms with Gasteiger partial charge in [-0.15, -0.1) is 0 Å². The molecule has 1 saturated heterocycles. The van der Waals surface area contributed by atoms with Crippen molar-refractivity contribution in [2.24, 2.45) is 0 Å². The van der Waals surface area contributed by atoms with Crippen molar-refractivity contribution < 1.29 is 23.9 Å². The molecule has 1 aromatic rings. The minimum Gasteiger partial charge on any atom is -0.469 e. The molecule has 1 amide bonds. The Morgan fingerprint density at radius 3 is 2.86 bits per heavy atom. The molecule has 2 heterocycles. The minimum atomic E-state index is -0.368. The summed E-state index contributed by atoms with van der Waals surface area (Å²) in [6, 6.07) is 1.54. The third-order valence-corrected chi connectivity index (χ3v) is 3.37. The molecule has 0 radical (unpaired) electrons. The number of ether oxygens (including phenoxy) is 2. The van der Waals surface area contributed by atoms with Gasteiger partial charge in [-0.05, 0) is 13.0 Å². The van der Waals surface area contributed by atoms with Gasteiger partial charge in [0.05, 0.1) is 26.2 Å². The summed E-state index contributed by atoms with van der Waals surface area (Å²) < 4.78 is 10.0. The number of methoxy groups -OCH3 is 1. The van der Waals surface area contributed by atoms with Gasteiger partial charge in [0.15, 0.2) is 5.78 Å². The monoisotopic (exact) mass is 294 g/mol. The number of nitrogens with one attached hydrogen (secondary N) is 1. The van der Waals surface area contributed by atoms with Crippen molar-refractivity contribution in [3.8, 4) is 0 Å². The summed E-state index contributed by atoms with van der Waals surface area (Å²) in [5.74, 6) is -0.676. The molecule has 1 unspecified atom stereocenters. The second-order valence-electron chi connectivity index (χ2n) is 4.88. The number of rotatable bonds is 4. The summed E-state index contributed by atoms with van der Waals surface area (Å²) in [7, 11) is 1.32. The fraction of sp³-hybridized carbons (Fsp3) is 0.500. The molecule has 0 saturated carbocycles. The van der Waals surface area contributed by atoms with Crippen molar-refractivity contribution >= 4 is 17.7 Å². The third-order valence-electron chi connectivity index (χ3n) is 3.37. The molecule has 7 nitrogen and oxygen atoms in total. The van der Waals surface area contributed by atoms with E-state index in [9.17, 15) is 14.4 Å². The number of esters is 1. The smallest absolute Gasteiger partial charge is 0.308 e. The van der Waals surface area contributed by atoms with Crippen molar-refractivity contribution in [2.45, 2.75) is 19.4 Å². The molecule has 1 aromatic heterocycles. The third kappa shape index (κ3) is 3.69. The maximum absolute atomic E-state index is 12.3. The average Bonchev–Trinajstić information content (AvgIpc) is 2.96. The SMILES string of the molecule is COC(=O)CC1CN(C(=O)c2cc(C(C)=O)c[nH]2)CCO1. The van der Waals surface area contributed by atoms with Gasteiger partial charge in [0.2, 0.25) is 0 Å². The van der Waals surface area contributed by atoms with E-state index in [0.717, 1.165) is 0 Å². The lowest BCUT2D eigenvalue weighted by Crippen LogP contribution is -2.46. The first-order valence-electron chi connectivity index (χ1n) is 6.68. The number of nitrogens with zero attached hydrogens (tertiary/aromatic N) is 1. The van der Waals surface area contributed by atoms with Crippen LogP contribution in [0.15, 0.2) is 12.3 Å². The molecule has 1 aliphatic rings. The first kappa shape index (κ1) is 15.2. The van der Waals surface area contributed by atoms with E-state index >= 15 is 0 Å². The highest BCUT2D eigenvalue weighted by molar-refractivity contribution is 5.99. The molecule has 0 aromatic carbocycles. The van der Waals surface area contributed by atoms with E-state index in [1.54, 1.807) is 4.90 Å². The highest BCUT2D eigenvalue weighted by Gasteiger charge is 2.27. The van der Waals surface area contributed by atoms with Crippen LogP contribution in [0.5, 0.6) is 0 Å². The van der Waals surface area contributed by atoms with E-state index in [2.05, 4.69) is 9.72 Å². The molecule has 1 fully saturated rings. The highest BCUT2D eigenvalue weighted by Crippen LogP contribution is 2.14. The van der Waals surface area contributed by atoms with Crippen molar-refractivity contribution in [2.75, 3.05) is 26.8 Å². The molecule has 7 heteroatoms. The first-order chi connectivity index (χ1) is 10.0. The lowest BCUT2D eigenvalue weighted by molar-refractivity contribution is -0.145. The van der Waals surface area contributed by atoms with Gasteiger partial charge < -0.3 is 19.4 Å². The Bertz CT molecular complexity index is 551. The predicted octanol–water partition coefficient (Wildman–Crippen LogP) is 0.621. The summed E-state index contributed by atoms with van der Waals surface area (Å²) in [5, 5.41) is 0. The zero-order valence-electron chi connectivity index (χ0n) is 12.0. The number of ketones is 1. The van der Waals surface area contributed by atoms with Crippen molar-refractivity contribution in [1.82, 2.24) is 9.88 Å². The van der Waals surface area contributed by atoms with E-state index in [1.165, 1.54) is 26.3 Å². The van der Waals surface area contributed by atoms with E-state index in [4.69, 9.17) is 4.74 Å². The number of morpholine rings is 1. The Morgan fingerprint density at radius 2 is 2.24 bits per heavy atom. The van der Waals surface area contributed by atoms with Crippen LogP contribution in [0.4, 0.5) is 0 Å². The number of amides is 1. The fourth-order valence-electron chi connectivity index (χ4n) is 2.19. The van der Waals surface area contributed by atoms with Crippen molar-refractivity contribution in [1.29, 1.82) is 0 Å². The molecule has 1 aliphatic heterocycles. The Kier molecular flexibility index (Phi) is 4.74. The Hall–Kier alpha value is -2.15. The van der Waals surface area contributed by atoms with Gasteiger partial charge in [-0.25, -0.2) is 0 Å². The number of aromatic nitrogens is 1. The number of aromatic amines is 1. The van der Waals surface area contributed by atoms with Crippen LogP contribution in [0.2, 0.25) is 0 Å². The maximum Gasteiger partial charge on any atom is 0.308 e. The molecule has 1 N–H and O–H groups in total.